The molecule has 2 atom stereocenters. The molecule has 0 aromatic heterocycles. The van der Waals surface area contributed by atoms with Crippen molar-refractivity contribution < 1.29 is 24.2 Å². The summed E-state index contributed by atoms with van der Waals surface area (Å²) >= 11 is 0. The van der Waals surface area contributed by atoms with Gasteiger partial charge in [0.05, 0.1) is 12.6 Å². The van der Waals surface area contributed by atoms with Gasteiger partial charge < -0.3 is 26.2 Å². The van der Waals surface area contributed by atoms with Gasteiger partial charge in [0.1, 0.15) is 0 Å². The van der Waals surface area contributed by atoms with Crippen molar-refractivity contribution in [2.24, 2.45) is 11.7 Å². The van der Waals surface area contributed by atoms with E-state index in [4.69, 9.17) is 10.5 Å². The first-order chi connectivity index (χ1) is 11.5. The zero-order chi connectivity index (χ0) is 17.9. The van der Waals surface area contributed by atoms with Gasteiger partial charge in [-0.1, -0.05) is 32.1 Å². The maximum absolute atomic E-state index is 12.4. The third-order valence-electron chi connectivity index (χ3n) is 4.39. The normalized spacial score (nSPS) is 17.6. The maximum Gasteiger partial charge on any atom is 0.405 e. The fourth-order valence-electron chi connectivity index (χ4n) is 3.01. The number of hydrogen-bond acceptors (Lipinski definition) is 5. The third kappa shape index (κ3) is 7.63. The first kappa shape index (κ1) is 20.2. The van der Waals surface area contributed by atoms with Crippen LogP contribution in [0.3, 0.4) is 0 Å². The highest BCUT2D eigenvalue weighted by atomic mass is 16.6. The Morgan fingerprint density at radius 2 is 1.92 bits per heavy atom. The van der Waals surface area contributed by atoms with E-state index in [1.807, 2.05) is 0 Å². The van der Waals surface area contributed by atoms with Gasteiger partial charge in [-0.15, -0.1) is 0 Å². The molecule has 0 spiro atoms. The quantitative estimate of drug-likeness (QED) is 0.482. The van der Waals surface area contributed by atoms with Crippen molar-refractivity contribution in [3.63, 3.8) is 0 Å². The van der Waals surface area contributed by atoms with Crippen LogP contribution in [0.15, 0.2) is 0 Å². The molecule has 0 bridgehead atoms. The van der Waals surface area contributed by atoms with Gasteiger partial charge in [0, 0.05) is 13.5 Å². The summed E-state index contributed by atoms with van der Waals surface area (Å²) in [6.07, 6.45) is 4.40. The molecular formula is C16H29N3O5. The van der Waals surface area contributed by atoms with Crippen LogP contribution in [0.4, 0.5) is 4.79 Å². The molecule has 0 radical (unpaired) electrons. The lowest BCUT2D eigenvalue weighted by molar-refractivity contribution is -0.132. The number of amides is 3. The SMILES string of the molecule is CNC(=O)CCC(CO)NC(=O)[C@H](CC1CCCCC1)OC(N)=O. The van der Waals surface area contributed by atoms with E-state index < -0.39 is 24.1 Å². The van der Waals surface area contributed by atoms with Crippen LogP contribution in [0.1, 0.15) is 51.4 Å². The lowest BCUT2D eigenvalue weighted by Gasteiger charge is -2.26. The highest BCUT2D eigenvalue weighted by Crippen LogP contribution is 2.28. The molecule has 0 aromatic carbocycles. The summed E-state index contributed by atoms with van der Waals surface area (Å²) in [5, 5.41) is 14.5. The molecular weight excluding hydrogens is 314 g/mol. The highest BCUT2D eigenvalue weighted by molar-refractivity contribution is 5.83. The summed E-state index contributed by atoms with van der Waals surface area (Å²) in [5.41, 5.74) is 5.07. The molecule has 24 heavy (non-hydrogen) atoms. The second-order valence-electron chi connectivity index (χ2n) is 6.27. The molecule has 8 heteroatoms. The molecule has 1 saturated carbocycles. The van der Waals surface area contributed by atoms with Gasteiger partial charge in [0.25, 0.3) is 5.91 Å². The number of hydrogen-bond donors (Lipinski definition) is 4. The zero-order valence-electron chi connectivity index (χ0n) is 14.3. The van der Waals surface area contributed by atoms with Crippen LogP contribution >= 0.6 is 0 Å². The van der Waals surface area contributed by atoms with Crippen molar-refractivity contribution >= 4 is 17.9 Å². The second-order valence-corrected chi connectivity index (χ2v) is 6.27. The Labute approximate surface area is 142 Å². The third-order valence-corrected chi connectivity index (χ3v) is 4.39. The molecule has 0 saturated heterocycles. The molecule has 3 amide bonds. The largest absolute Gasteiger partial charge is 0.436 e. The Kier molecular flexibility index (Phi) is 9.14. The van der Waals surface area contributed by atoms with E-state index >= 15 is 0 Å². The summed E-state index contributed by atoms with van der Waals surface area (Å²) in [6.45, 7) is -0.296. The van der Waals surface area contributed by atoms with Crippen LogP contribution in [0.2, 0.25) is 0 Å². The number of primary amides is 1. The molecule has 1 aliphatic rings. The van der Waals surface area contributed by atoms with E-state index in [1.54, 1.807) is 0 Å². The molecule has 1 fully saturated rings. The summed E-state index contributed by atoms with van der Waals surface area (Å²) in [4.78, 5) is 34.7. The van der Waals surface area contributed by atoms with Gasteiger partial charge in [-0.2, -0.15) is 0 Å². The summed E-state index contributed by atoms with van der Waals surface area (Å²) in [6, 6.07) is -0.569. The Balaban J connectivity index is 2.57. The van der Waals surface area contributed by atoms with E-state index in [1.165, 1.54) is 13.5 Å². The molecule has 0 aromatic rings. The monoisotopic (exact) mass is 343 g/mol. The molecule has 8 nitrogen and oxygen atoms in total. The maximum atomic E-state index is 12.4. The molecule has 0 heterocycles. The predicted octanol–water partition coefficient (Wildman–Crippen LogP) is 0.424. The highest BCUT2D eigenvalue weighted by Gasteiger charge is 2.28. The van der Waals surface area contributed by atoms with E-state index in [0.717, 1.165) is 25.7 Å². The van der Waals surface area contributed by atoms with Crippen LogP contribution in [0, 0.1) is 5.92 Å². The first-order valence-corrected chi connectivity index (χ1v) is 8.54. The van der Waals surface area contributed by atoms with Crippen LogP contribution in [-0.4, -0.2) is 48.8 Å². The molecule has 0 aliphatic heterocycles. The minimum absolute atomic E-state index is 0.171. The van der Waals surface area contributed by atoms with Gasteiger partial charge >= 0.3 is 6.09 Å². The van der Waals surface area contributed by atoms with Crippen molar-refractivity contribution in [2.75, 3.05) is 13.7 Å². The van der Waals surface area contributed by atoms with E-state index in [-0.39, 0.29) is 18.9 Å². The fourth-order valence-corrected chi connectivity index (χ4v) is 3.01. The van der Waals surface area contributed by atoms with Gasteiger partial charge in [0.15, 0.2) is 6.10 Å². The summed E-state index contributed by atoms with van der Waals surface area (Å²) in [5.74, 6) is -0.322. The lowest BCUT2D eigenvalue weighted by atomic mass is 9.85. The number of aliphatic hydroxyl groups excluding tert-OH is 1. The molecule has 138 valence electrons. The molecule has 1 rings (SSSR count). The number of aliphatic hydroxyl groups is 1. The molecule has 1 unspecified atom stereocenters. The standard InChI is InChI=1S/C16H29N3O5/c1-18-14(21)8-7-12(10-20)19-15(22)13(24-16(17)23)9-11-5-3-2-4-6-11/h11-13,20H,2-10H2,1H3,(H2,17,23)(H,18,21)(H,19,22)/t12?,13-/m0/s1. The smallest absolute Gasteiger partial charge is 0.405 e. The summed E-state index contributed by atoms with van der Waals surface area (Å²) in [7, 11) is 1.52. The topological polar surface area (TPSA) is 131 Å². The van der Waals surface area contributed by atoms with E-state index in [0.29, 0.717) is 18.8 Å². The molecule has 5 N–H and O–H groups in total. The molecule has 1 aliphatic carbocycles. The fraction of sp³-hybridized carbons (Fsp3) is 0.812. The van der Waals surface area contributed by atoms with E-state index in [9.17, 15) is 19.5 Å². The van der Waals surface area contributed by atoms with Crippen LogP contribution in [0.5, 0.6) is 0 Å². The Morgan fingerprint density at radius 1 is 1.25 bits per heavy atom. The lowest BCUT2D eigenvalue weighted by Crippen LogP contribution is -2.46. The van der Waals surface area contributed by atoms with Crippen molar-refractivity contribution in [1.29, 1.82) is 0 Å². The van der Waals surface area contributed by atoms with Gasteiger partial charge in [-0.3, -0.25) is 9.59 Å². The van der Waals surface area contributed by atoms with Crippen LogP contribution < -0.4 is 16.4 Å². The number of nitrogens with two attached hydrogens (primary N) is 1. The number of ether oxygens (including phenoxy) is 1. The predicted molar refractivity (Wildman–Crippen MR) is 88.0 cm³/mol. The van der Waals surface area contributed by atoms with Crippen LogP contribution in [-0.2, 0) is 14.3 Å². The van der Waals surface area contributed by atoms with E-state index in [2.05, 4.69) is 10.6 Å². The minimum atomic E-state index is -0.989. The number of carbonyl (C=O) groups is 3. The average molecular weight is 343 g/mol. The van der Waals surface area contributed by atoms with Crippen molar-refractivity contribution in [2.45, 2.75) is 63.5 Å². The first-order valence-electron chi connectivity index (χ1n) is 8.54. The van der Waals surface area contributed by atoms with Gasteiger partial charge in [-0.25, -0.2) is 4.79 Å². The van der Waals surface area contributed by atoms with Crippen molar-refractivity contribution in [3.05, 3.63) is 0 Å². The Morgan fingerprint density at radius 3 is 2.46 bits per heavy atom. The average Bonchev–Trinajstić information content (AvgIpc) is 2.57. The summed E-state index contributed by atoms with van der Waals surface area (Å²) < 4.78 is 4.97. The minimum Gasteiger partial charge on any atom is -0.436 e. The van der Waals surface area contributed by atoms with Gasteiger partial charge in [-0.05, 0) is 18.8 Å². The number of rotatable bonds is 9. The van der Waals surface area contributed by atoms with Crippen molar-refractivity contribution in [1.82, 2.24) is 10.6 Å². The number of carbonyl (C=O) groups excluding carboxylic acids is 3. The number of nitrogens with one attached hydrogen (secondary N) is 2. The van der Waals surface area contributed by atoms with Crippen LogP contribution in [0.25, 0.3) is 0 Å². The van der Waals surface area contributed by atoms with Crippen molar-refractivity contribution in [3.8, 4) is 0 Å². The Hall–Kier alpha value is -1.83. The van der Waals surface area contributed by atoms with Gasteiger partial charge in [0.2, 0.25) is 5.91 Å². The zero-order valence-corrected chi connectivity index (χ0v) is 14.3. The second kappa shape index (κ2) is 10.9. The Bertz CT molecular complexity index is 424.